The number of nitrogens with zero attached hydrogens (tertiary/aromatic N) is 1. The van der Waals surface area contributed by atoms with Crippen molar-refractivity contribution in [3.63, 3.8) is 0 Å². The highest BCUT2D eigenvalue weighted by Crippen LogP contribution is 2.24. The van der Waals surface area contributed by atoms with Gasteiger partial charge in [-0.2, -0.15) is 0 Å². The van der Waals surface area contributed by atoms with Gasteiger partial charge in [0.25, 0.3) is 0 Å². The SMILES string of the molecule is CC(N)c1cc(C(C)c2ccccc2)no1. The zero-order chi connectivity index (χ0) is 11.5. The first-order valence-corrected chi connectivity index (χ1v) is 5.45. The molecule has 1 aromatic heterocycles. The van der Waals surface area contributed by atoms with Crippen molar-refractivity contribution in [3.8, 4) is 0 Å². The predicted octanol–water partition coefficient (Wildman–Crippen LogP) is 2.85. The van der Waals surface area contributed by atoms with E-state index in [0.29, 0.717) is 0 Å². The van der Waals surface area contributed by atoms with Crippen LogP contribution in [0.2, 0.25) is 0 Å². The van der Waals surface area contributed by atoms with E-state index in [-0.39, 0.29) is 12.0 Å². The smallest absolute Gasteiger partial charge is 0.153 e. The Hall–Kier alpha value is -1.61. The summed E-state index contributed by atoms with van der Waals surface area (Å²) < 4.78 is 5.19. The van der Waals surface area contributed by atoms with E-state index >= 15 is 0 Å². The molecular formula is C13H16N2O. The van der Waals surface area contributed by atoms with Gasteiger partial charge >= 0.3 is 0 Å². The van der Waals surface area contributed by atoms with Gasteiger partial charge in [0.05, 0.1) is 11.7 Å². The lowest BCUT2D eigenvalue weighted by molar-refractivity contribution is 0.361. The first-order chi connectivity index (χ1) is 7.68. The molecule has 0 amide bonds. The third kappa shape index (κ3) is 2.14. The molecule has 2 unspecified atom stereocenters. The van der Waals surface area contributed by atoms with Crippen molar-refractivity contribution in [1.29, 1.82) is 0 Å². The third-order valence-electron chi connectivity index (χ3n) is 2.74. The summed E-state index contributed by atoms with van der Waals surface area (Å²) in [7, 11) is 0. The van der Waals surface area contributed by atoms with Gasteiger partial charge in [0.15, 0.2) is 5.76 Å². The zero-order valence-electron chi connectivity index (χ0n) is 9.55. The van der Waals surface area contributed by atoms with Crippen LogP contribution in [0.5, 0.6) is 0 Å². The van der Waals surface area contributed by atoms with Crippen LogP contribution < -0.4 is 5.73 Å². The molecule has 2 atom stereocenters. The largest absolute Gasteiger partial charge is 0.359 e. The summed E-state index contributed by atoms with van der Waals surface area (Å²) in [5, 5.41) is 4.06. The van der Waals surface area contributed by atoms with Crippen molar-refractivity contribution in [2.75, 3.05) is 0 Å². The highest BCUT2D eigenvalue weighted by Gasteiger charge is 2.14. The summed E-state index contributed by atoms with van der Waals surface area (Å²) in [4.78, 5) is 0. The molecule has 2 N–H and O–H groups in total. The molecule has 0 spiro atoms. The third-order valence-corrected chi connectivity index (χ3v) is 2.74. The van der Waals surface area contributed by atoms with E-state index in [1.807, 2.05) is 31.2 Å². The molecule has 16 heavy (non-hydrogen) atoms. The molecule has 3 heteroatoms. The maximum atomic E-state index is 5.73. The van der Waals surface area contributed by atoms with Gasteiger partial charge in [-0.25, -0.2) is 0 Å². The second-order valence-corrected chi connectivity index (χ2v) is 4.08. The Labute approximate surface area is 95.3 Å². The Balaban J connectivity index is 2.24. The minimum absolute atomic E-state index is 0.107. The number of hydrogen-bond acceptors (Lipinski definition) is 3. The summed E-state index contributed by atoms with van der Waals surface area (Å²) in [6, 6.07) is 12.1. The second-order valence-electron chi connectivity index (χ2n) is 4.08. The van der Waals surface area contributed by atoms with E-state index in [9.17, 15) is 0 Å². The molecule has 0 aliphatic carbocycles. The first-order valence-electron chi connectivity index (χ1n) is 5.45. The Kier molecular flexibility index (Phi) is 3.06. The van der Waals surface area contributed by atoms with Crippen LogP contribution in [0.15, 0.2) is 40.9 Å². The molecule has 0 radical (unpaired) electrons. The minimum atomic E-state index is -0.107. The molecule has 3 nitrogen and oxygen atoms in total. The topological polar surface area (TPSA) is 52.0 Å². The Morgan fingerprint density at radius 3 is 2.44 bits per heavy atom. The Morgan fingerprint density at radius 2 is 1.88 bits per heavy atom. The molecule has 0 fully saturated rings. The maximum Gasteiger partial charge on any atom is 0.153 e. The maximum absolute atomic E-state index is 5.73. The van der Waals surface area contributed by atoms with Crippen LogP contribution in [0.4, 0.5) is 0 Å². The van der Waals surface area contributed by atoms with Crippen LogP contribution in [0.3, 0.4) is 0 Å². The fourth-order valence-corrected chi connectivity index (χ4v) is 1.63. The van der Waals surface area contributed by atoms with Gasteiger partial charge in [-0.15, -0.1) is 0 Å². The number of hydrogen-bond donors (Lipinski definition) is 1. The Morgan fingerprint density at radius 1 is 1.19 bits per heavy atom. The molecule has 1 heterocycles. The van der Waals surface area contributed by atoms with Crippen molar-refractivity contribution in [2.24, 2.45) is 5.73 Å². The normalized spacial score (nSPS) is 14.7. The van der Waals surface area contributed by atoms with E-state index in [1.165, 1.54) is 5.56 Å². The summed E-state index contributed by atoms with van der Waals surface area (Å²) >= 11 is 0. The molecule has 0 bridgehead atoms. The molecular weight excluding hydrogens is 200 g/mol. The molecule has 0 aliphatic rings. The first kappa shape index (κ1) is 10.9. The van der Waals surface area contributed by atoms with Gasteiger partial charge in [0.1, 0.15) is 0 Å². The van der Waals surface area contributed by atoms with Crippen LogP contribution in [0.25, 0.3) is 0 Å². The number of benzene rings is 1. The Bertz CT molecular complexity index is 448. The average molecular weight is 216 g/mol. The van der Waals surface area contributed by atoms with Gasteiger partial charge in [-0.3, -0.25) is 0 Å². The standard InChI is InChI=1S/C13H16N2O/c1-9(11-6-4-3-5-7-11)12-8-13(10(2)14)16-15-12/h3-10H,14H2,1-2H3. The van der Waals surface area contributed by atoms with Crippen LogP contribution in [0, 0.1) is 0 Å². The van der Waals surface area contributed by atoms with Gasteiger partial charge < -0.3 is 10.3 Å². The van der Waals surface area contributed by atoms with E-state index in [0.717, 1.165) is 11.5 Å². The summed E-state index contributed by atoms with van der Waals surface area (Å²) in [6.45, 7) is 4.00. The molecule has 84 valence electrons. The van der Waals surface area contributed by atoms with E-state index in [1.54, 1.807) is 0 Å². The second kappa shape index (κ2) is 4.49. The van der Waals surface area contributed by atoms with Crippen LogP contribution in [0.1, 0.15) is 42.8 Å². The van der Waals surface area contributed by atoms with E-state index < -0.39 is 0 Å². The molecule has 1 aromatic carbocycles. The highest BCUT2D eigenvalue weighted by molar-refractivity contribution is 5.27. The lowest BCUT2D eigenvalue weighted by Gasteiger charge is -2.06. The van der Waals surface area contributed by atoms with Gasteiger partial charge in [0, 0.05) is 12.0 Å². The fourth-order valence-electron chi connectivity index (χ4n) is 1.63. The van der Waals surface area contributed by atoms with Gasteiger partial charge in [-0.05, 0) is 12.5 Å². The van der Waals surface area contributed by atoms with Crippen molar-refractivity contribution in [1.82, 2.24) is 5.16 Å². The molecule has 2 rings (SSSR count). The quantitative estimate of drug-likeness (QED) is 0.858. The highest BCUT2D eigenvalue weighted by atomic mass is 16.5. The summed E-state index contributed by atoms with van der Waals surface area (Å²) in [5.41, 5.74) is 7.89. The number of aromatic nitrogens is 1. The van der Waals surface area contributed by atoms with Crippen molar-refractivity contribution < 1.29 is 4.52 Å². The van der Waals surface area contributed by atoms with Crippen molar-refractivity contribution >= 4 is 0 Å². The van der Waals surface area contributed by atoms with E-state index in [2.05, 4.69) is 24.2 Å². The zero-order valence-corrected chi connectivity index (χ0v) is 9.55. The van der Waals surface area contributed by atoms with Crippen LogP contribution in [-0.4, -0.2) is 5.16 Å². The fraction of sp³-hybridized carbons (Fsp3) is 0.308. The summed E-state index contributed by atoms with van der Waals surface area (Å²) in [5.74, 6) is 0.968. The molecule has 0 aliphatic heterocycles. The number of rotatable bonds is 3. The lowest BCUT2D eigenvalue weighted by Crippen LogP contribution is -2.03. The lowest BCUT2D eigenvalue weighted by atomic mass is 9.97. The van der Waals surface area contributed by atoms with Crippen LogP contribution >= 0.6 is 0 Å². The molecule has 0 saturated heterocycles. The van der Waals surface area contributed by atoms with Crippen LogP contribution in [-0.2, 0) is 0 Å². The summed E-state index contributed by atoms with van der Waals surface area (Å²) in [6.07, 6.45) is 0. The molecule has 0 saturated carbocycles. The van der Waals surface area contributed by atoms with Crippen molar-refractivity contribution in [2.45, 2.75) is 25.8 Å². The monoisotopic (exact) mass is 216 g/mol. The number of nitrogens with two attached hydrogens (primary N) is 1. The predicted molar refractivity (Wildman–Crippen MR) is 63.1 cm³/mol. The molecule has 2 aromatic rings. The van der Waals surface area contributed by atoms with Gasteiger partial charge in [0.2, 0.25) is 0 Å². The van der Waals surface area contributed by atoms with Gasteiger partial charge in [-0.1, -0.05) is 42.4 Å². The minimum Gasteiger partial charge on any atom is -0.359 e. The average Bonchev–Trinajstić information content (AvgIpc) is 2.78. The van der Waals surface area contributed by atoms with E-state index in [4.69, 9.17) is 10.3 Å². The van der Waals surface area contributed by atoms with Crippen molar-refractivity contribution in [3.05, 3.63) is 53.4 Å².